The minimum absolute atomic E-state index is 0.146. The Morgan fingerprint density at radius 1 is 1.15 bits per heavy atom. The van der Waals surface area contributed by atoms with Gasteiger partial charge in [-0.1, -0.05) is 44.0 Å². The first-order valence-corrected chi connectivity index (χ1v) is 11.5. The van der Waals surface area contributed by atoms with Crippen LogP contribution >= 0.6 is 0 Å². The Bertz CT molecular complexity index is 988. The number of nitrogens with one attached hydrogen (secondary N) is 2. The molecule has 3 amide bonds. The standard InChI is InChI=1S/C25H30FN3O5/c1-2-3-13-20(22(26)24(31)28-33)25(32)29-15-8-14-21(29)23(30)27-17-9-7-12-19(16-17)34-18-10-5-4-6-11-18/h4-7,9-12,16,20-22,33H,2-3,8,13-15H2,1H3,(H,27,30)(H,28,31)/t20?,21?,22-/m1/s1. The second-order valence-corrected chi connectivity index (χ2v) is 8.25. The predicted octanol–water partition coefficient (Wildman–Crippen LogP) is 4.06. The SMILES string of the molecule is CCCCC(C(=O)N1CCCC1C(=O)Nc1cccc(Oc2ccccc2)c1)[C@@H](F)C(=O)NO. The molecule has 1 saturated heterocycles. The summed E-state index contributed by atoms with van der Waals surface area (Å²) in [5.41, 5.74) is 1.78. The fraction of sp³-hybridized carbons (Fsp3) is 0.400. The van der Waals surface area contributed by atoms with Gasteiger partial charge in [0.05, 0.1) is 5.92 Å². The van der Waals surface area contributed by atoms with Crippen LogP contribution in [-0.4, -0.2) is 46.6 Å². The molecule has 3 atom stereocenters. The molecule has 0 aromatic heterocycles. The number of unbranched alkanes of at least 4 members (excludes halogenated alkanes) is 1. The van der Waals surface area contributed by atoms with Gasteiger partial charge in [0.2, 0.25) is 11.8 Å². The second kappa shape index (κ2) is 12.1. The average Bonchev–Trinajstić information content (AvgIpc) is 3.34. The molecule has 182 valence electrons. The van der Waals surface area contributed by atoms with Crippen LogP contribution in [0.3, 0.4) is 0 Å². The van der Waals surface area contributed by atoms with E-state index in [1.54, 1.807) is 24.3 Å². The van der Waals surface area contributed by atoms with Crippen LogP contribution in [0, 0.1) is 5.92 Å². The molecule has 0 aliphatic carbocycles. The van der Waals surface area contributed by atoms with E-state index in [9.17, 15) is 18.8 Å². The van der Waals surface area contributed by atoms with Crippen molar-refractivity contribution in [2.75, 3.05) is 11.9 Å². The van der Waals surface area contributed by atoms with Gasteiger partial charge < -0.3 is 15.0 Å². The van der Waals surface area contributed by atoms with Gasteiger partial charge in [-0.15, -0.1) is 0 Å². The maximum Gasteiger partial charge on any atom is 0.278 e. The van der Waals surface area contributed by atoms with Crippen LogP contribution in [0.1, 0.15) is 39.0 Å². The summed E-state index contributed by atoms with van der Waals surface area (Å²) in [5, 5.41) is 11.6. The van der Waals surface area contributed by atoms with Gasteiger partial charge in [-0.25, -0.2) is 9.87 Å². The van der Waals surface area contributed by atoms with Crippen LogP contribution in [0.25, 0.3) is 0 Å². The summed E-state index contributed by atoms with van der Waals surface area (Å²) in [6, 6.07) is 15.3. The molecule has 0 saturated carbocycles. The number of ether oxygens (including phenoxy) is 1. The summed E-state index contributed by atoms with van der Waals surface area (Å²) in [7, 11) is 0. The molecule has 0 radical (unpaired) electrons. The molecule has 1 heterocycles. The van der Waals surface area contributed by atoms with Crippen molar-refractivity contribution in [3.05, 3.63) is 54.6 Å². The van der Waals surface area contributed by atoms with Crippen LogP contribution in [0.2, 0.25) is 0 Å². The molecule has 1 fully saturated rings. The van der Waals surface area contributed by atoms with Crippen LogP contribution in [0.15, 0.2) is 54.6 Å². The number of anilines is 1. The second-order valence-electron chi connectivity index (χ2n) is 8.25. The summed E-state index contributed by atoms with van der Waals surface area (Å²) in [5.74, 6) is -2.31. The van der Waals surface area contributed by atoms with Gasteiger partial charge in [0.15, 0.2) is 6.17 Å². The van der Waals surface area contributed by atoms with E-state index in [0.29, 0.717) is 49.4 Å². The van der Waals surface area contributed by atoms with E-state index in [0.717, 1.165) is 0 Å². The lowest BCUT2D eigenvalue weighted by atomic mass is 9.94. The van der Waals surface area contributed by atoms with E-state index in [-0.39, 0.29) is 12.3 Å². The molecular weight excluding hydrogens is 441 g/mol. The van der Waals surface area contributed by atoms with Gasteiger partial charge in [0.25, 0.3) is 5.91 Å². The molecule has 8 nitrogen and oxygen atoms in total. The smallest absolute Gasteiger partial charge is 0.278 e. The molecule has 0 spiro atoms. The number of alkyl halides is 1. The molecule has 2 aromatic rings. The van der Waals surface area contributed by atoms with Gasteiger partial charge in [-0.05, 0) is 43.5 Å². The Morgan fingerprint density at radius 3 is 2.59 bits per heavy atom. The van der Waals surface area contributed by atoms with E-state index in [2.05, 4.69) is 5.32 Å². The third kappa shape index (κ3) is 6.32. The van der Waals surface area contributed by atoms with Crippen molar-refractivity contribution in [3.8, 4) is 11.5 Å². The molecule has 1 aliphatic heterocycles. The van der Waals surface area contributed by atoms with E-state index in [4.69, 9.17) is 9.94 Å². The predicted molar refractivity (Wildman–Crippen MR) is 124 cm³/mol. The number of rotatable bonds is 10. The van der Waals surface area contributed by atoms with Gasteiger partial charge in [0.1, 0.15) is 17.5 Å². The summed E-state index contributed by atoms with van der Waals surface area (Å²) in [6.45, 7) is 2.19. The Hall–Kier alpha value is -3.46. The maximum absolute atomic E-state index is 14.7. The number of amides is 3. The number of para-hydroxylation sites is 1. The number of halogens is 1. The summed E-state index contributed by atoms with van der Waals surface area (Å²) in [6.07, 6.45) is 0.219. The van der Waals surface area contributed by atoms with Gasteiger partial charge in [-0.3, -0.25) is 19.6 Å². The molecule has 3 N–H and O–H groups in total. The Balaban J connectivity index is 1.70. The molecule has 1 aliphatic rings. The minimum Gasteiger partial charge on any atom is -0.457 e. The molecule has 34 heavy (non-hydrogen) atoms. The zero-order valence-corrected chi connectivity index (χ0v) is 19.1. The number of hydroxylamine groups is 1. The third-order valence-corrected chi connectivity index (χ3v) is 5.82. The summed E-state index contributed by atoms with van der Waals surface area (Å²) in [4.78, 5) is 39.2. The first-order valence-electron chi connectivity index (χ1n) is 11.5. The minimum atomic E-state index is -2.19. The Kier molecular flexibility index (Phi) is 8.98. The van der Waals surface area contributed by atoms with Gasteiger partial charge >= 0.3 is 0 Å². The number of nitrogens with zero attached hydrogens (tertiary/aromatic N) is 1. The van der Waals surface area contributed by atoms with E-state index >= 15 is 0 Å². The molecule has 2 unspecified atom stereocenters. The van der Waals surface area contributed by atoms with Crippen molar-refractivity contribution >= 4 is 23.4 Å². The van der Waals surface area contributed by atoms with Crippen molar-refractivity contribution in [2.45, 2.75) is 51.2 Å². The van der Waals surface area contributed by atoms with Crippen molar-refractivity contribution in [2.24, 2.45) is 5.92 Å². The molecular formula is C25H30FN3O5. The normalized spacial score (nSPS) is 17.0. The highest BCUT2D eigenvalue weighted by Crippen LogP contribution is 2.28. The fourth-order valence-corrected chi connectivity index (χ4v) is 4.07. The average molecular weight is 472 g/mol. The van der Waals surface area contributed by atoms with Crippen LogP contribution < -0.4 is 15.5 Å². The largest absolute Gasteiger partial charge is 0.457 e. The summed E-state index contributed by atoms with van der Waals surface area (Å²) >= 11 is 0. The Labute approximate surface area is 198 Å². The van der Waals surface area contributed by atoms with Gasteiger partial charge in [-0.2, -0.15) is 0 Å². The highest BCUT2D eigenvalue weighted by atomic mass is 19.1. The highest BCUT2D eigenvalue weighted by molar-refractivity contribution is 5.98. The maximum atomic E-state index is 14.7. The molecule has 3 rings (SSSR count). The lowest BCUT2D eigenvalue weighted by Gasteiger charge is -2.29. The Morgan fingerprint density at radius 2 is 1.88 bits per heavy atom. The zero-order valence-electron chi connectivity index (χ0n) is 19.1. The molecule has 9 heteroatoms. The van der Waals surface area contributed by atoms with Crippen molar-refractivity contribution in [1.82, 2.24) is 10.4 Å². The van der Waals surface area contributed by atoms with Crippen molar-refractivity contribution in [1.29, 1.82) is 0 Å². The van der Waals surface area contributed by atoms with Crippen molar-refractivity contribution in [3.63, 3.8) is 0 Å². The lowest BCUT2D eigenvalue weighted by molar-refractivity contribution is -0.148. The highest BCUT2D eigenvalue weighted by Gasteiger charge is 2.41. The quantitative estimate of drug-likeness (QED) is 0.358. The first kappa shape index (κ1) is 25.2. The molecule has 0 bridgehead atoms. The van der Waals surface area contributed by atoms with Crippen LogP contribution in [0.5, 0.6) is 11.5 Å². The van der Waals surface area contributed by atoms with E-state index < -0.39 is 29.9 Å². The summed E-state index contributed by atoms with van der Waals surface area (Å²) < 4.78 is 20.5. The lowest BCUT2D eigenvalue weighted by Crippen LogP contribution is -2.49. The monoisotopic (exact) mass is 471 g/mol. The number of carbonyl (C=O) groups excluding carboxylic acids is 3. The fourth-order valence-electron chi connectivity index (χ4n) is 4.07. The number of likely N-dealkylation sites (tertiary alicyclic amines) is 1. The van der Waals surface area contributed by atoms with E-state index in [1.165, 1.54) is 10.4 Å². The third-order valence-electron chi connectivity index (χ3n) is 5.82. The number of benzene rings is 2. The molecule has 2 aromatic carbocycles. The number of carbonyl (C=O) groups is 3. The van der Waals surface area contributed by atoms with Crippen LogP contribution in [-0.2, 0) is 14.4 Å². The number of hydrogen-bond donors (Lipinski definition) is 3. The van der Waals surface area contributed by atoms with Gasteiger partial charge in [0, 0.05) is 18.3 Å². The zero-order chi connectivity index (χ0) is 24.5. The first-order chi connectivity index (χ1) is 16.4. The van der Waals surface area contributed by atoms with Crippen molar-refractivity contribution < 1.29 is 28.7 Å². The number of hydrogen-bond acceptors (Lipinski definition) is 5. The van der Waals surface area contributed by atoms with Crippen LogP contribution in [0.4, 0.5) is 10.1 Å². The van der Waals surface area contributed by atoms with E-state index in [1.807, 2.05) is 37.3 Å². The topological polar surface area (TPSA) is 108 Å².